The fraction of sp³-hybridized carbons (Fsp3) is 0.244. The van der Waals surface area contributed by atoms with Gasteiger partial charge in [-0.3, -0.25) is 19.8 Å². The molecular weight excluding hydrogens is 771 g/mol. The number of nitrogens with zero attached hydrogens (tertiary/aromatic N) is 8. The highest BCUT2D eigenvalue weighted by Gasteiger charge is 2.35. The maximum Gasteiger partial charge on any atom is 0.417 e. The number of benzene rings is 3. The lowest BCUT2D eigenvalue weighted by molar-refractivity contribution is -0.137. The number of carbonyl (C=O) groups excluding carboxylic acids is 3. The molecule has 0 atom stereocenters. The highest BCUT2D eigenvalue weighted by Crippen LogP contribution is 2.36. The molecule has 18 heteroatoms. The predicted octanol–water partition coefficient (Wildman–Crippen LogP) is 6.23. The summed E-state index contributed by atoms with van der Waals surface area (Å²) in [6.45, 7) is 3.89. The summed E-state index contributed by atoms with van der Waals surface area (Å²) in [5.41, 5.74) is 3.03. The number of hydrogen-bond acceptors (Lipinski definition) is 11. The summed E-state index contributed by atoms with van der Waals surface area (Å²) in [6.07, 6.45) is -2.77. The zero-order chi connectivity index (χ0) is 41.3. The van der Waals surface area contributed by atoms with Crippen molar-refractivity contribution in [2.24, 2.45) is 0 Å². The molecule has 2 aromatic heterocycles. The van der Waals surface area contributed by atoms with Crippen LogP contribution in [0.5, 0.6) is 0 Å². The molecule has 3 aliphatic rings. The van der Waals surface area contributed by atoms with Crippen molar-refractivity contribution in [3.63, 3.8) is 0 Å². The Bertz CT molecular complexity index is 2470. The molecule has 0 radical (unpaired) electrons. The molecule has 8 rings (SSSR count). The number of carbonyl (C=O) groups is 3. The van der Waals surface area contributed by atoms with Gasteiger partial charge in [-0.25, -0.2) is 19.7 Å². The predicted molar refractivity (Wildman–Crippen MR) is 211 cm³/mol. The van der Waals surface area contributed by atoms with Gasteiger partial charge in [0, 0.05) is 79.7 Å². The fourth-order valence-electron chi connectivity index (χ4n) is 7.37. The lowest BCUT2D eigenvalue weighted by atomic mass is 10.0. The van der Waals surface area contributed by atoms with Crippen molar-refractivity contribution in [3.05, 3.63) is 119 Å². The monoisotopic (exact) mass is 805 g/mol. The Kier molecular flexibility index (Phi) is 10.4. The number of fused-ring (bicyclic) bond motifs is 1. The van der Waals surface area contributed by atoms with Crippen LogP contribution in [0.15, 0.2) is 85.2 Å². The largest absolute Gasteiger partial charge is 0.417 e. The number of hydrogen-bond donors (Lipinski definition) is 3. The van der Waals surface area contributed by atoms with Crippen LogP contribution in [-0.4, -0.2) is 72.1 Å². The Balaban J connectivity index is 0.849. The minimum absolute atomic E-state index is 0.0935. The van der Waals surface area contributed by atoms with Crippen LogP contribution in [0.3, 0.4) is 0 Å². The molecule has 0 spiro atoms. The summed E-state index contributed by atoms with van der Waals surface area (Å²) >= 11 is 0. The van der Waals surface area contributed by atoms with Crippen LogP contribution in [-0.2, 0) is 23.9 Å². The van der Waals surface area contributed by atoms with Crippen LogP contribution in [0.1, 0.15) is 39.2 Å². The molecule has 0 saturated carbocycles. The van der Waals surface area contributed by atoms with Gasteiger partial charge in [0.1, 0.15) is 18.0 Å². The summed E-state index contributed by atoms with van der Waals surface area (Å²) in [5, 5.41) is 17.2. The van der Waals surface area contributed by atoms with Crippen molar-refractivity contribution in [1.29, 1.82) is 5.26 Å². The number of rotatable bonds is 8. The Morgan fingerprint density at radius 2 is 1.44 bits per heavy atom. The van der Waals surface area contributed by atoms with E-state index in [9.17, 15) is 27.6 Å². The lowest BCUT2D eigenvalue weighted by Crippen LogP contribution is -2.49. The van der Waals surface area contributed by atoms with E-state index in [-0.39, 0.29) is 30.3 Å². The molecule has 2 fully saturated rings. The molecule has 59 heavy (non-hydrogen) atoms. The van der Waals surface area contributed by atoms with Gasteiger partial charge in [0.15, 0.2) is 0 Å². The van der Waals surface area contributed by atoms with Gasteiger partial charge >= 0.3 is 12.2 Å². The molecule has 14 nitrogen and oxygen atoms in total. The molecule has 0 bridgehead atoms. The van der Waals surface area contributed by atoms with Gasteiger partial charge in [-0.1, -0.05) is 0 Å². The quantitative estimate of drug-likeness (QED) is 0.120. The maximum atomic E-state index is 15.3. The van der Waals surface area contributed by atoms with E-state index in [1.165, 1.54) is 24.5 Å². The molecule has 0 unspecified atom stereocenters. The van der Waals surface area contributed by atoms with Crippen molar-refractivity contribution < 1.29 is 31.9 Å². The van der Waals surface area contributed by atoms with Gasteiger partial charge in [0.25, 0.3) is 5.91 Å². The first-order valence-corrected chi connectivity index (χ1v) is 18.7. The van der Waals surface area contributed by atoms with Gasteiger partial charge in [0.05, 0.1) is 35.0 Å². The summed E-state index contributed by atoms with van der Waals surface area (Å²) in [5.74, 6) is -1.50. The van der Waals surface area contributed by atoms with Gasteiger partial charge in [-0.15, -0.1) is 0 Å². The number of amides is 4. The van der Waals surface area contributed by atoms with E-state index in [0.29, 0.717) is 48.0 Å². The normalized spacial score (nSPS) is 15.6. The molecular formula is C41H35F4N11O3. The second-order valence-corrected chi connectivity index (χ2v) is 14.1. The van der Waals surface area contributed by atoms with Gasteiger partial charge in [0.2, 0.25) is 11.9 Å². The number of nitrogens with one attached hydrogen (secondary N) is 3. The van der Waals surface area contributed by atoms with Crippen LogP contribution in [0, 0.1) is 17.3 Å². The van der Waals surface area contributed by atoms with Crippen LogP contribution >= 0.6 is 0 Å². The van der Waals surface area contributed by atoms with Crippen molar-refractivity contribution in [3.8, 4) is 6.07 Å². The number of alkyl halides is 3. The van der Waals surface area contributed by atoms with Crippen LogP contribution in [0.4, 0.5) is 62.4 Å². The Morgan fingerprint density at radius 1 is 0.780 bits per heavy atom. The molecule has 4 amide bonds. The Labute approximate surface area is 335 Å². The zero-order valence-corrected chi connectivity index (χ0v) is 31.3. The molecule has 5 heterocycles. The van der Waals surface area contributed by atoms with E-state index in [2.05, 4.69) is 40.7 Å². The third-order valence-corrected chi connectivity index (χ3v) is 10.5. The van der Waals surface area contributed by atoms with Gasteiger partial charge < -0.3 is 25.3 Å². The summed E-state index contributed by atoms with van der Waals surface area (Å²) in [6, 6.07) is 22.5. The van der Waals surface area contributed by atoms with E-state index in [0.717, 1.165) is 55.4 Å². The number of anilines is 7. The number of nitriles is 1. The van der Waals surface area contributed by atoms with Crippen molar-refractivity contribution in [1.82, 2.24) is 20.3 Å². The van der Waals surface area contributed by atoms with Crippen molar-refractivity contribution in [2.75, 3.05) is 69.5 Å². The van der Waals surface area contributed by atoms with E-state index in [1.54, 1.807) is 28.0 Å². The first-order valence-electron chi connectivity index (χ1n) is 18.7. The molecule has 300 valence electrons. The third kappa shape index (κ3) is 8.26. The lowest BCUT2D eigenvalue weighted by Gasteiger charge is -2.37. The van der Waals surface area contributed by atoms with Gasteiger partial charge in [-0.2, -0.15) is 22.8 Å². The number of pyridine rings is 1. The van der Waals surface area contributed by atoms with E-state index in [1.807, 2.05) is 36.4 Å². The summed E-state index contributed by atoms with van der Waals surface area (Å²) < 4.78 is 56.0. The highest BCUT2D eigenvalue weighted by molar-refractivity contribution is 6.06. The average molecular weight is 806 g/mol. The number of imide groups is 1. The smallest absolute Gasteiger partial charge is 0.368 e. The average Bonchev–Trinajstić information content (AvgIpc) is 3.23. The van der Waals surface area contributed by atoms with Crippen LogP contribution in [0.25, 0.3) is 0 Å². The SMILES string of the molecule is N#Cc1ccc(N2CCc3c(ncnc3Nc3ccc(C(=O)Nc4ccc(N5CCN(c6ccc(N7CCC(=O)NC7=O)cc6)CC5)cc4)c(F)n3)C2)cc1C(F)(F)F. The first-order chi connectivity index (χ1) is 28.4. The topological polar surface area (TPSA) is 163 Å². The van der Waals surface area contributed by atoms with Gasteiger partial charge in [-0.05, 0) is 85.3 Å². The second-order valence-electron chi connectivity index (χ2n) is 14.1. The summed E-state index contributed by atoms with van der Waals surface area (Å²) in [4.78, 5) is 57.1. The van der Waals surface area contributed by atoms with Crippen LogP contribution < -0.4 is 35.6 Å². The molecule has 3 aromatic carbocycles. The number of piperazine rings is 1. The third-order valence-electron chi connectivity index (χ3n) is 10.5. The molecule has 3 aliphatic heterocycles. The molecule has 0 aliphatic carbocycles. The number of aromatic nitrogens is 3. The second kappa shape index (κ2) is 15.9. The fourth-order valence-corrected chi connectivity index (χ4v) is 7.37. The van der Waals surface area contributed by atoms with E-state index in [4.69, 9.17) is 5.26 Å². The summed E-state index contributed by atoms with van der Waals surface area (Å²) in [7, 11) is 0. The van der Waals surface area contributed by atoms with E-state index >= 15 is 4.39 Å². The van der Waals surface area contributed by atoms with Crippen molar-refractivity contribution >= 4 is 57.9 Å². The Morgan fingerprint density at radius 3 is 2.08 bits per heavy atom. The molecule has 5 aromatic rings. The number of halogens is 4. The first kappa shape index (κ1) is 38.6. The Hall–Kier alpha value is -7.29. The van der Waals surface area contributed by atoms with Crippen LogP contribution in [0.2, 0.25) is 0 Å². The highest BCUT2D eigenvalue weighted by atomic mass is 19.4. The molecule has 3 N–H and O–H groups in total. The zero-order valence-electron chi connectivity index (χ0n) is 31.3. The van der Waals surface area contributed by atoms with E-state index < -0.39 is 35.2 Å². The number of urea groups is 1. The van der Waals surface area contributed by atoms with Crippen molar-refractivity contribution in [2.45, 2.75) is 25.6 Å². The maximum absolute atomic E-state index is 15.3. The minimum Gasteiger partial charge on any atom is -0.368 e. The molecule has 2 saturated heterocycles. The minimum atomic E-state index is -4.68. The standard InChI is InChI=1S/C41H35F4N11O3/c42-37-32(11-12-35(50-37)51-38-31-13-15-55(23-34(31)47-24-48-38)30-4-1-25(22-46)33(21-30)41(43,44)45)39(58)49-26-2-5-27(6-3-26)53-17-19-54(20-18-53)28-7-9-29(10-8-28)56-16-14-36(57)52-40(56)59/h1-12,21,24H,13-20,23H2,(H,49,58)(H,52,57,59)(H,47,48,50,51).